The third kappa shape index (κ3) is 11.1. The molecule has 9 heteroatoms. The molecule has 0 unspecified atom stereocenters. The molecule has 7 nitrogen and oxygen atoms in total. The molecule has 0 fully saturated rings. The summed E-state index contributed by atoms with van der Waals surface area (Å²) in [6, 6.07) is 31.1. The second-order valence-corrected chi connectivity index (χ2v) is 10.7. The van der Waals surface area contributed by atoms with E-state index in [1.807, 2.05) is 42.5 Å². The van der Waals surface area contributed by atoms with Crippen LogP contribution in [0.1, 0.15) is 22.3 Å². The largest absolute Gasteiger partial charge is 0.421 e. The molecule has 232 valence electrons. The quantitative estimate of drug-likeness (QED) is 0.104. The fourth-order valence-electron chi connectivity index (χ4n) is 4.74. The summed E-state index contributed by atoms with van der Waals surface area (Å²) in [4.78, 5) is 10.8. The summed E-state index contributed by atoms with van der Waals surface area (Å²) in [5.74, 6) is 0.544. The van der Waals surface area contributed by atoms with Gasteiger partial charge in [-0.05, 0) is 58.7 Å². The van der Waals surface area contributed by atoms with Gasteiger partial charge < -0.3 is 20.7 Å². The number of nitrogens with zero attached hydrogens (tertiary/aromatic N) is 3. The molecule has 0 saturated heterocycles. The summed E-state index contributed by atoms with van der Waals surface area (Å²) in [7, 11) is 0. The highest BCUT2D eigenvalue weighted by atomic mass is 19.1. The smallest absolute Gasteiger partial charge is 0.221 e. The predicted octanol–water partition coefficient (Wildman–Crippen LogP) is 6.54. The van der Waals surface area contributed by atoms with Gasteiger partial charge in [0.15, 0.2) is 0 Å². The lowest BCUT2D eigenvalue weighted by Gasteiger charge is -2.23. The van der Waals surface area contributed by atoms with Gasteiger partial charge in [-0.15, -0.1) is 0 Å². The predicted molar refractivity (Wildman–Crippen MR) is 174 cm³/mol. The van der Waals surface area contributed by atoms with Crippen LogP contribution in [-0.4, -0.2) is 41.0 Å². The first kappa shape index (κ1) is 31.7. The number of rotatable bonds is 17. The van der Waals surface area contributed by atoms with E-state index in [2.05, 4.69) is 55.1 Å². The van der Waals surface area contributed by atoms with Gasteiger partial charge in [-0.3, -0.25) is 4.90 Å². The molecule has 3 aromatic carbocycles. The zero-order valence-corrected chi connectivity index (χ0v) is 25.1. The van der Waals surface area contributed by atoms with Gasteiger partial charge in [0.1, 0.15) is 11.6 Å². The Kier molecular flexibility index (Phi) is 12.0. The van der Waals surface area contributed by atoms with E-state index in [0.29, 0.717) is 24.8 Å². The highest BCUT2D eigenvalue weighted by molar-refractivity contribution is 5.43. The maximum atomic E-state index is 13.5. The topological polar surface area (TPSA) is 74.3 Å². The average Bonchev–Trinajstić information content (AvgIpc) is 3.06. The van der Waals surface area contributed by atoms with E-state index in [-0.39, 0.29) is 11.6 Å². The molecule has 0 bridgehead atoms. The number of anilines is 1. The molecular weight excluding hydrogens is 570 g/mol. The number of halogens is 2. The van der Waals surface area contributed by atoms with Crippen LogP contribution < -0.4 is 20.7 Å². The lowest BCUT2D eigenvalue weighted by molar-refractivity contribution is 0.264. The maximum absolute atomic E-state index is 13.5. The summed E-state index contributed by atoms with van der Waals surface area (Å²) >= 11 is 0. The molecule has 0 aliphatic rings. The zero-order valence-electron chi connectivity index (χ0n) is 25.1. The first-order chi connectivity index (χ1) is 22.1. The normalized spacial score (nSPS) is 11.1. The molecule has 0 amide bonds. The number of pyridine rings is 2. The van der Waals surface area contributed by atoms with Crippen molar-refractivity contribution in [2.45, 2.75) is 26.2 Å². The Morgan fingerprint density at radius 2 is 1.29 bits per heavy atom. The van der Waals surface area contributed by atoms with Crippen molar-refractivity contribution in [1.29, 1.82) is 0 Å². The van der Waals surface area contributed by atoms with Crippen LogP contribution in [0.3, 0.4) is 0 Å². The van der Waals surface area contributed by atoms with Crippen molar-refractivity contribution in [2.75, 3.05) is 31.5 Å². The van der Waals surface area contributed by atoms with Crippen molar-refractivity contribution < 1.29 is 13.5 Å². The Morgan fingerprint density at radius 1 is 0.600 bits per heavy atom. The molecule has 5 rings (SSSR count). The van der Waals surface area contributed by atoms with Crippen molar-refractivity contribution in [2.24, 2.45) is 0 Å². The number of ether oxygens (including phenoxy) is 1. The number of hydrogen-bond donors (Lipinski definition) is 3. The van der Waals surface area contributed by atoms with Crippen LogP contribution >= 0.6 is 0 Å². The minimum atomic E-state index is -0.233. The standard InChI is InChI=1S/C36H38F2N6O/c37-32-13-11-30(12-14-32)27-44(21-19-40-24-31-4-3-5-33(38)22-31)20-18-39-23-28-7-9-29(10-8-28)25-42-34-15-16-36(43-26-34)45-35-6-1-2-17-41-35/h1-17,22,26,39-40,42H,18-21,23-25,27H2. The van der Waals surface area contributed by atoms with E-state index in [1.54, 1.807) is 30.6 Å². The average molecular weight is 609 g/mol. The van der Waals surface area contributed by atoms with Gasteiger partial charge in [-0.2, -0.15) is 0 Å². The molecule has 5 aromatic rings. The lowest BCUT2D eigenvalue weighted by atomic mass is 10.1. The van der Waals surface area contributed by atoms with Crippen molar-refractivity contribution in [3.8, 4) is 11.8 Å². The number of nitrogens with one attached hydrogen (secondary N) is 3. The third-order valence-corrected chi connectivity index (χ3v) is 7.18. The Morgan fingerprint density at radius 3 is 1.96 bits per heavy atom. The molecule has 0 aliphatic carbocycles. The van der Waals surface area contributed by atoms with Gasteiger partial charge in [0.05, 0.1) is 11.9 Å². The molecule has 0 atom stereocenters. The Balaban J connectivity index is 1.03. The minimum absolute atomic E-state index is 0.225. The van der Waals surface area contributed by atoms with E-state index in [0.717, 1.165) is 56.1 Å². The first-order valence-electron chi connectivity index (χ1n) is 15.1. The summed E-state index contributed by atoms with van der Waals surface area (Å²) in [6.45, 7) is 5.98. The van der Waals surface area contributed by atoms with E-state index >= 15 is 0 Å². The molecule has 2 heterocycles. The Bertz CT molecular complexity index is 1570. The number of hydrogen-bond acceptors (Lipinski definition) is 7. The Hall–Kier alpha value is -4.70. The summed E-state index contributed by atoms with van der Waals surface area (Å²) < 4.78 is 32.5. The monoisotopic (exact) mass is 608 g/mol. The summed E-state index contributed by atoms with van der Waals surface area (Å²) in [5.41, 5.74) is 5.27. The second-order valence-electron chi connectivity index (χ2n) is 10.7. The van der Waals surface area contributed by atoms with Crippen LogP contribution in [0.25, 0.3) is 0 Å². The summed E-state index contributed by atoms with van der Waals surface area (Å²) in [5, 5.41) is 10.3. The van der Waals surface area contributed by atoms with Gasteiger partial charge in [-0.25, -0.2) is 18.7 Å². The van der Waals surface area contributed by atoms with Crippen LogP contribution in [0.4, 0.5) is 14.5 Å². The minimum Gasteiger partial charge on any atom is -0.421 e. The van der Waals surface area contributed by atoms with Gasteiger partial charge in [-0.1, -0.05) is 54.6 Å². The molecule has 0 saturated carbocycles. The lowest BCUT2D eigenvalue weighted by Crippen LogP contribution is -2.36. The van der Waals surface area contributed by atoms with E-state index in [1.165, 1.54) is 29.3 Å². The van der Waals surface area contributed by atoms with E-state index in [4.69, 9.17) is 4.74 Å². The Labute approximate surface area is 263 Å². The molecule has 3 N–H and O–H groups in total. The second kappa shape index (κ2) is 17.0. The first-order valence-corrected chi connectivity index (χ1v) is 15.1. The highest BCUT2D eigenvalue weighted by Crippen LogP contribution is 2.18. The molecule has 0 aliphatic heterocycles. The van der Waals surface area contributed by atoms with Crippen LogP contribution in [0.15, 0.2) is 116 Å². The van der Waals surface area contributed by atoms with Crippen molar-refractivity contribution in [3.63, 3.8) is 0 Å². The van der Waals surface area contributed by atoms with Crippen LogP contribution in [0, 0.1) is 11.6 Å². The van der Waals surface area contributed by atoms with Crippen LogP contribution in [-0.2, 0) is 26.2 Å². The molecule has 0 spiro atoms. The third-order valence-electron chi connectivity index (χ3n) is 7.18. The number of benzene rings is 3. The van der Waals surface area contributed by atoms with Gasteiger partial charge in [0.2, 0.25) is 11.8 Å². The zero-order chi connectivity index (χ0) is 31.1. The SMILES string of the molecule is Fc1ccc(CN(CCNCc2ccc(CNc3ccc(Oc4ccccn4)nc3)cc2)CCNCc2cccc(F)c2)cc1. The van der Waals surface area contributed by atoms with Crippen LogP contribution in [0.5, 0.6) is 11.8 Å². The van der Waals surface area contributed by atoms with Gasteiger partial charge >= 0.3 is 0 Å². The van der Waals surface area contributed by atoms with Gasteiger partial charge in [0.25, 0.3) is 0 Å². The van der Waals surface area contributed by atoms with E-state index < -0.39 is 0 Å². The van der Waals surface area contributed by atoms with Crippen LogP contribution in [0.2, 0.25) is 0 Å². The summed E-state index contributed by atoms with van der Waals surface area (Å²) in [6.07, 6.45) is 3.43. The molecule has 45 heavy (non-hydrogen) atoms. The fourth-order valence-corrected chi connectivity index (χ4v) is 4.74. The highest BCUT2D eigenvalue weighted by Gasteiger charge is 2.07. The molecule has 0 radical (unpaired) electrons. The number of aromatic nitrogens is 2. The van der Waals surface area contributed by atoms with E-state index in [9.17, 15) is 8.78 Å². The maximum Gasteiger partial charge on any atom is 0.221 e. The van der Waals surface area contributed by atoms with Crippen molar-refractivity contribution in [3.05, 3.63) is 149 Å². The molecular formula is C36H38F2N6O. The molecule has 2 aromatic heterocycles. The van der Waals surface area contributed by atoms with Crippen molar-refractivity contribution >= 4 is 5.69 Å². The fraction of sp³-hybridized carbons (Fsp3) is 0.222. The van der Waals surface area contributed by atoms with Crippen molar-refractivity contribution in [1.82, 2.24) is 25.5 Å². The van der Waals surface area contributed by atoms with Gasteiger partial charge in [0, 0.05) is 70.7 Å².